The van der Waals surface area contributed by atoms with E-state index in [0.29, 0.717) is 16.2 Å². The van der Waals surface area contributed by atoms with Crippen molar-refractivity contribution >= 4 is 34.1 Å². The Morgan fingerprint density at radius 1 is 1.27 bits per heavy atom. The Morgan fingerprint density at radius 3 is 2.91 bits per heavy atom. The molecule has 3 aromatic rings. The highest BCUT2D eigenvalue weighted by atomic mass is 35.5. The first kappa shape index (κ1) is 14.6. The minimum absolute atomic E-state index is 0.143. The van der Waals surface area contributed by atoms with Crippen molar-refractivity contribution in [3.63, 3.8) is 0 Å². The fraction of sp³-hybridized carbons (Fsp3) is 0.118. The predicted molar refractivity (Wildman–Crippen MR) is 86.8 cm³/mol. The lowest BCUT2D eigenvalue weighted by Gasteiger charge is -2.08. The van der Waals surface area contributed by atoms with Gasteiger partial charge in [0.25, 0.3) is 0 Å². The van der Waals surface area contributed by atoms with E-state index in [1.807, 2.05) is 13.0 Å². The maximum Gasteiger partial charge on any atom is 0.228 e. The molecule has 0 saturated heterocycles. The van der Waals surface area contributed by atoms with E-state index >= 15 is 0 Å². The van der Waals surface area contributed by atoms with Crippen molar-refractivity contribution in [2.24, 2.45) is 0 Å². The molecule has 0 bridgehead atoms. The summed E-state index contributed by atoms with van der Waals surface area (Å²) < 4.78 is 13.2. The maximum atomic E-state index is 13.2. The highest BCUT2D eigenvalue weighted by Gasteiger charge is 2.11. The number of H-pyrrole nitrogens is 1. The van der Waals surface area contributed by atoms with E-state index in [0.717, 1.165) is 16.5 Å². The number of nitrogens with one attached hydrogen (secondary N) is 2. The van der Waals surface area contributed by atoms with Crippen LogP contribution in [0.25, 0.3) is 10.9 Å². The fourth-order valence-corrected chi connectivity index (χ4v) is 2.57. The van der Waals surface area contributed by atoms with Gasteiger partial charge in [-0.1, -0.05) is 17.7 Å². The van der Waals surface area contributed by atoms with Crippen LogP contribution >= 0.6 is 11.6 Å². The van der Waals surface area contributed by atoms with Gasteiger partial charge in [0.1, 0.15) is 5.82 Å². The molecule has 0 fully saturated rings. The topological polar surface area (TPSA) is 44.9 Å². The van der Waals surface area contributed by atoms with Gasteiger partial charge in [-0.25, -0.2) is 4.39 Å². The smallest absolute Gasteiger partial charge is 0.228 e. The van der Waals surface area contributed by atoms with Crippen LogP contribution in [0.1, 0.15) is 11.1 Å². The van der Waals surface area contributed by atoms with Crippen LogP contribution in [0, 0.1) is 12.7 Å². The zero-order valence-electron chi connectivity index (χ0n) is 11.9. The minimum Gasteiger partial charge on any atom is -0.361 e. The third-order valence-corrected chi connectivity index (χ3v) is 3.79. The van der Waals surface area contributed by atoms with E-state index in [2.05, 4.69) is 10.3 Å². The zero-order chi connectivity index (χ0) is 15.7. The average Bonchev–Trinajstić information content (AvgIpc) is 2.85. The number of fused-ring (bicyclic) bond motifs is 1. The molecule has 0 radical (unpaired) electrons. The van der Waals surface area contributed by atoms with Crippen molar-refractivity contribution in [1.82, 2.24) is 4.98 Å². The van der Waals surface area contributed by atoms with Gasteiger partial charge in [-0.15, -0.1) is 0 Å². The summed E-state index contributed by atoms with van der Waals surface area (Å²) in [6, 6.07) is 9.83. The van der Waals surface area contributed by atoms with Crippen LogP contribution in [0.2, 0.25) is 5.02 Å². The second-order valence-corrected chi connectivity index (χ2v) is 5.62. The lowest BCUT2D eigenvalue weighted by Crippen LogP contribution is -2.15. The number of benzene rings is 2. The Bertz CT molecular complexity index is 857. The summed E-state index contributed by atoms with van der Waals surface area (Å²) in [6.45, 7) is 1.90. The van der Waals surface area contributed by atoms with Gasteiger partial charge in [0.05, 0.1) is 6.42 Å². The first-order valence-corrected chi connectivity index (χ1v) is 7.22. The highest BCUT2D eigenvalue weighted by Crippen LogP contribution is 2.22. The van der Waals surface area contributed by atoms with Gasteiger partial charge < -0.3 is 10.3 Å². The molecule has 0 aliphatic carbocycles. The molecule has 0 aliphatic rings. The van der Waals surface area contributed by atoms with Gasteiger partial charge in [0.2, 0.25) is 5.91 Å². The molecule has 1 heterocycles. The van der Waals surface area contributed by atoms with Crippen LogP contribution < -0.4 is 5.32 Å². The van der Waals surface area contributed by atoms with Crippen LogP contribution in [0.15, 0.2) is 42.6 Å². The standard InChI is InChI=1S/C17H14ClFN2O/c1-10-2-3-12(18)7-15(10)21-17(22)6-11-9-20-16-8-13(19)4-5-14(11)16/h2-5,7-9,20H,6H2,1H3,(H,21,22). The second kappa shape index (κ2) is 5.81. The van der Waals surface area contributed by atoms with E-state index in [4.69, 9.17) is 11.6 Å². The average molecular weight is 317 g/mol. The molecule has 2 N–H and O–H groups in total. The van der Waals surface area contributed by atoms with E-state index in [1.165, 1.54) is 12.1 Å². The minimum atomic E-state index is -0.306. The summed E-state index contributed by atoms with van der Waals surface area (Å²) in [5.74, 6) is -0.449. The molecule has 0 spiro atoms. The number of hydrogen-bond donors (Lipinski definition) is 2. The number of aromatic amines is 1. The number of rotatable bonds is 3. The SMILES string of the molecule is Cc1ccc(Cl)cc1NC(=O)Cc1c[nH]c2cc(F)ccc12. The Hall–Kier alpha value is -2.33. The summed E-state index contributed by atoms with van der Waals surface area (Å²) >= 11 is 5.94. The number of hydrogen-bond acceptors (Lipinski definition) is 1. The van der Waals surface area contributed by atoms with Gasteiger partial charge in [-0.3, -0.25) is 4.79 Å². The number of aromatic nitrogens is 1. The first-order chi connectivity index (χ1) is 10.5. The largest absolute Gasteiger partial charge is 0.361 e. The Morgan fingerprint density at radius 2 is 2.09 bits per heavy atom. The number of carbonyl (C=O) groups excluding carboxylic acids is 1. The Labute approximate surface area is 132 Å². The summed E-state index contributed by atoms with van der Waals surface area (Å²) in [4.78, 5) is 15.2. The zero-order valence-corrected chi connectivity index (χ0v) is 12.7. The lowest BCUT2D eigenvalue weighted by molar-refractivity contribution is -0.115. The van der Waals surface area contributed by atoms with E-state index in [9.17, 15) is 9.18 Å². The number of halogens is 2. The van der Waals surface area contributed by atoms with Crippen LogP contribution in [-0.4, -0.2) is 10.9 Å². The third-order valence-electron chi connectivity index (χ3n) is 3.55. The molecule has 3 rings (SSSR count). The van der Waals surface area contributed by atoms with Crippen molar-refractivity contribution in [3.8, 4) is 0 Å². The first-order valence-electron chi connectivity index (χ1n) is 6.84. The molecule has 0 atom stereocenters. The fourth-order valence-electron chi connectivity index (χ4n) is 2.40. The number of carbonyl (C=O) groups is 1. The molecule has 1 amide bonds. The molecule has 0 aliphatic heterocycles. The quantitative estimate of drug-likeness (QED) is 0.736. The molecular weight excluding hydrogens is 303 g/mol. The molecule has 2 aromatic carbocycles. The monoisotopic (exact) mass is 316 g/mol. The summed E-state index contributed by atoms with van der Waals surface area (Å²) in [5, 5.41) is 4.27. The number of anilines is 1. The molecule has 5 heteroatoms. The second-order valence-electron chi connectivity index (χ2n) is 5.19. The summed E-state index contributed by atoms with van der Waals surface area (Å²) in [6.07, 6.45) is 1.94. The van der Waals surface area contributed by atoms with Gasteiger partial charge in [-0.05, 0) is 48.4 Å². The normalized spacial score (nSPS) is 10.9. The Balaban J connectivity index is 1.80. The van der Waals surface area contributed by atoms with Gasteiger partial charge in [-0.2, -0.15) is 0 Å². The summed E-state index contributed by atoms with van der Waals surface area (Å²) in [7, 11) is 0. The molecule has 112 valence electrons. The van der Waals surface area contributed by atoms with Crippen LogP contribution in [0.4, 0.5) is 10.1 Å². The molecule has 22 heavy (non-hydrogen) atoms. The van der Waals surface area contributed by atoms with Crippen LogP contribution in [-0.2, 0) is 11.2 Å². The van der Waals surface area contributed by atoms with E-state index in [-0.39, 0.29) is 18.1 Å². The number of aryl methyl sites for hydroxylation is 1. The molecule has 3 nitrogen and oxygen atoms in total. The predicted octanol–water partition coefficient (Wildman–Crippen LogP) is 4.45. The van der Waals surface area contributed by atoms with Crippen molar-refractivity contribution in [1.29, 1.82) is 0 Å². The van der Waals surface area contributed by atoms with Crippen molar-refractivity contribution in [2.45, 2.75) is 13.3 Å². The molecular formula is C17H14ClFN2O. The van der Waals surface area contributed by atoms with Gasteiger partial charge in [0, 0.05) is 27.8 Å². The van der Waals surface area contributed by atoms with Crippen molar-refractivity contribution < 1.29 is 9.18 Å². The van der Waals surface area contributed by atoms with Gasteiger partial charge >= 0.3 is 0 Å². The van der Waals surface area contributed by atoms with Gasteiger partial charge in [0.15, 0.2) is 0 Å². The lowest BCUT2D eigenvalue weighted by atomic mass is 10.1. The summed E-state index contributed by atoms with van der Waals surface area (Å²) in [5.41, 5.74) is 3.15. The van der Waals surface area contributed by atoms with Crippen LogP contribution in [0.5, 0.6) is 0 Å². The van der Waals surface area contributed by atoms with E-state index in [1.54, 1.807) is 24.4 Å². The van der Waals surface area contributed by atoms with Crippen LogP contribution in [0.3, 0.4) is 0 Å². The highest BCUT2D eigenvalue weighted by molar-refractivity contribution is 6.31. The molecule has 0 saturated carbocycles. The van der Waals surface area contributed by atoms with E-state index < -0.39 is 0 Å². The van der Waals surface area contributed by atoms with Crippen molar-refractivity contribution in [2.75, 3.05) is 5.32 Å². The number of amides is 1. The molecule has 1 aromatic heterocycles. The van der Waals surface area contributed by atoms with Crippen molar-refractivity contribution in [3.05, 3.63) is 64.6 Å². The molecule has 0 unspecified atom stereocenters. The third kappa shape index (κ3) is 2.97. The maximum absolute atomic E-state index is 13.2. The Kier molecular flexibility index (Phi) is 3.86.